The van der Waals surface area contributed by atoms with Crippen molar-refractivity contribution in [3.05, 3.63) is 69.7 Å². The summed E-state index contributed by atoms with van der Waals surface area (Å²) in [7, 11) is 0. The standard InChI is InChI=1S/C22H24BrN3O3/c1-16-5-2-7-18(13-16)22(29)26-10-4-9-25(11-12-26)20(27)15-24-21(28)17-6-3-8-19(23)14-17/h2-3,5-8,13-14H,4,9-12,15H2,1H3,(H,24,28). The third kappa shape index (κ3) is 5.67. The number of halogens is 1. The summed E-state index contributed by atoms with van der Waals surface area (Å²) in [4.78, 5) is 41.0. The van der Waals surface area contributed by atoms with E-state index in [2.05, 4.69) is 21.2 Å². The monoisotopic (exact) mass is 457 g/mol. The van der Waals surface area contributed by atoms with Gasteiger partial charge in [-0.15, -0.1) is 0 Å². The minimum atomic E-state index is -0.286. The summed E-state index contributed by atoms with van der Waals surface area (Å²) in [5.41, 5.74) is 2.22. The molecule has 2 aromatic rings. The molecule has 3 amide bonds. The summed E-state index contributed by atoms with van der Waals surface area (Å²) in [6, 6.07) is 14.6. The highest BCUT2D eigenvalue weighted by molar-refractivity contribution is 9.10. The molecule has 3 rings (SSSR count). The van der Waals surface area contributed by atoms with E-state index in [1.54, 1.807) is 28.0 Å². The smallest absolute Gasteiger partial charge is 0.253 e. The molecule has 1 fully saturated rings. The highest BCUT2D eigenvalue weighted by Crippen LogP contribution is 2.12. The number of hydrogen-bond donors (Lipinski definition) is 1. The molecule has 0 spiro atoms. The Bertz CT molecular complexity index is 916. The average Bonchev–Trinajstić information content (AvgIpc) is 2.97. The summed E-state index contributed by atoms with van der Waals surface area (Å²) >= 11 is 3.33. The minimum absolute atomic E-state index is 0.00837. The molecule has 0 atom stereocenters. The predicted molar refractivity (Wildman–Crippen MR) is 115 cm³/mol. The summed E-state index contributed by atoms with van der Waals surface area (Å²) in [5, 5.41) is 2.68. The van der Waals surface area contributed by atoms with Crippen molar-refractivity contribution in [2.24, 2.45) is 0 Å². The molecular formula is C22H24BrN3O3. The van der Waals surface area contributed by atoms with Crippen LogP contribution in [0.4, 0.5) is 0 Å². The van der Waals surface area contributed by atoms with Crippen LogP contribution in [0.1, 0.15) is 32.7 Å². The fourth-order valence-corrected chi connectivity index (χ4v) is 3.73. The van der Waals surface area contributed by atoms with Gasteiger partial charge in [0.2, 0.25) is 5.91 Å². The van der Waals surface area contributed by atoms with E-state index in [-0.39, 0.29) is 24.3 Å². The molecular weight excluding hydrogens is 434 g/mol. The van der Waals surface area contributed by atoms with Crippen molar-refractivity contribution in [1.82, 2.24) is 15.1 Å². The first-order chi connectivity index (χ1) is 13.9. The zero-order valence-corrected chi connectivity index (χ0v) is 17.9. The molecule has 1 aliphatic rings. The maximum Gasteiger partial charge on any atom is 0.253 e. The molecule has 2 aromatic carbocycles. The predicted octanol–water partition coefficient (Wildman–Crippen LogP) is 2.86. The number of aryl methyl sites for hydroxylation is 1. The molecule has 6 nitrogen and oxygen atoms in total. The Morgan fingerprint density at radius 1 is 0.931 bits per heavy atom. The van der Waals surface area contributed by atoms with E-state index in [0.29, 0.717) is 43.7 Å². The minimum Gasteiger partial charge on any atom is -0.343 e. The van der Waals surface area contributed by atoms with Crippen molar-refractivity contribution >= 4 is 33.7 Å². The maximum absolute atomic E-state index is 12.7. The summed E-state index contributed by atoms with van der Waals surface area (Å²) in [5.74, 6) is -0.435. The second-order valence-corrected chi connectivity index (χ2v) is 8.00. The van der Waals surface area contributed by atoms with Crippen LogP contribution in [-0.2, 0) is 4.79 Å². The SMILES string of the molecule is Cc1cccc(C(=O)N2CCCN(C(=O)CNC(=O)c3cccc(Br)c3)CC2)c1. The molecule has 0 unspecified atom stereocenters. The van der Waals surface area contributed by atoms with Crippen molar-refractivity contribution in [3.8, 4) is 0 Å². The van der Waals surface area contributed by atoms with Gasteiger partial charge < -0.3 is 15.1 Å². The third-order valence-electron chi connectivity index (χ3n) is 4.89. The number of carbonyl (C=O) groups is 3. The van der Waals surface area contributed by atoms with Gasteiger partial charge in [0.05, 0.1) is 6.54 Å². The molecule has 1 heterocycles. The lowest BCUT2D eigenvalue weighted by molar-refractivity contribution is -0.129. The van der Waals surface area contributed by atoms with E-state index < -0.39 is 0 Å². The lowest BCUT2D eigenvalue weighted by Crippen LogP contribution is -2.42. The van der Waals surface area contributed by atoms with E-state index in [1.807, 2.05) is 37.3 Å². The van der Waals surface area contributed by atoms with Gasteiger partial charge in [-0.2, -0.15) is 0 Å². The lowest BCUT2D eigenvalue weighted by atomic mass is 10.1. The molecule has 0 radical (unpaired) electrons. The van der Waals surface area contributed by atoms with Gasteiger partial charge in [-0.05, 0) is 43.7 Å². The zero-order chi connectivity index (χ0) is 20.8. The Kier molecular flexibility index (Phi) is 7.04. The Balaban J connectivity index is 1.53. The van der Waals surface area contributed by atoms with Gasteiger partial charge in [-0.1, -0.05) is 39.7 Å². The highest BCUT2D eigenvalue weighted by Gasteiger charge is 2.23. The van der Waals surface area contributed by atoms with Gasteiger partial charge in [0.1, 0.15) is 0 Å². The first-order valence-electron chi connectivity index (χ1n) is 9.61. The van der Waals surface area contributed by atoms with Gasteiger partial charge in [0.25, 0.3) is 11.8 Å². The molecule has 0 aromatic heterocycles. The molecule has 1 aliphatic heterocycles. The molecule has 0 saturated carbocycles. The third-order valence-corrected chi connectivity index (χ3v) is 5.38. The lowest BCUT2D eigenvalue weighted by Gasteiger charge is -2.22. The number of hydrogen-bond acceptors (Lipinski definition) is 3. The van der Waals surface area contributed by atoms with Crippen LogP contribution in [0.2, 0.25) is 0 Å². The Morgan fingerprint density at radius 2 is 1.62 bits per heavy atom. The van der Waals surface area contributed by atoms with E-state index in [0.717, 1.165) is 10.0 Å². The number of nitrogens with zero attached hydrogens (tertiary/aromatic N) is 2. The van der Waals surface area contributed by atoms with E-state index in [1.165, 1.54) is 0 Å². The highest BCUT2D eigenvalue weighted by atomic mass is 79.9. The van der Waals surface area contributed by atoms with Gasteiger partial charge in [-0.25, -0.2) is 0 Å². The molecule has 1 N–H and O–H groups in total. The summed E-state index contributed by atoms with van der Waals surface area (Å²) < 4.78 is 0.808. The zero-order valence-electron chi connectivity index (χ0n) is 16.4. The molecule has 0 aliphatic carbocycles. The van der Waals surface area contributed by atoms with Crippen LogP contribution in [-0.4, -0.2) is 60.2 Å². The van der Waals surface area contributed by atoms with E-state index in [9.17, 15) is 14.4 Å². The number of nitrogens with one attached hydrogen (secondary N) is 1. The molecule has 7 heteroatoms. The maximum atomic E-state index is 12.7. The van der Waals surface area contributed by atoms with E-state index >= 15 is 0 Å². The summed E-state index contributed by atoms with van der Waals surface area (Å²) in [6.07, 6.45) is 0.711. The Morgan fingerprint density at radius 3 is 2.38 bits per heavy atom. The quantitative estimate of drug-likeness (QED) is 0.766. The van der Waals surface area contributed by atoms with Crippen LogP contribution in [0.5, 0.6) is 0 Å². The normalized spacial score (nSPS) is 14.3. The second kappa shape index (κ2) is 9.69. The van der Waals surface area contributed by atoms with Crippen molar-refractivity contribution in [2.45, 2.75) is 13.3 Å². The average molecular weight is 458 g/mol. The molecule has 152 valence electrons. The number of benzene rings is 2. The Hall–Kier alpha value is -2.67. The van der Waals surface area contributed by atoms with Crippen molar-refractivity contribution < 1.29 is 14.4 Å². The van der Waals surface area contributed by atoms with Crippen LogP contribution in [0.3, 0.4) is 0 Å². The second-order valence-electron chi connectivity index (χ2n) is 7.09. The first-order valence-corrected chi connectivity index (χ1v) is 10.4. The van der Waals surface area contributed by atoms with Crippen LogP contribution >= 0.6 is 15.9 Å². The largest absolute Gasteiger partial charge is 0.343 e. The Labute approximate surface area is 179 Å². The molecule has 29 heavy (non-hydrogen) atoms. The van der Waals surface area contributed by atoms with E-state index in [4.69, 9.17) is 0 Å². The van der Waals surface area contributed by atoms with Crippen LogP contribution in [0, 0.1) is 6.92 Å². The van der Waals surface area contributed by atoms with Crippen LogP contribution in [0.25, 0.3) is 0 Å². The first kappa shape index (κ1) is 21.0. The number of rotatable bonds is 4. The fourth-order valence-electron chi connectivity index (χ4n) is 3.33. The van der Waals surface area contributed by atoms with Crippen molar-refractivity contribution in [2.75, 3.05) is 32.7 Å². The number of amides is 3. The van der Waals surface area contributed by atoms with Crippen LogP contribution in [0.15, 0.2) is 53.0 Å². The van der Waals surface area contributed by atoms with Crippen molar-refractivity contribution in [1.29, 1.82) is 0 Å². The van der Waals surface area contributed by atoms with Gasteiger partial charge in [-0.3, -0.25) is 14.4 Å². The molecule has 1 saturated heterocycles. The van der Waals surface area contributed by atoms with Gasteiger partial charge >= 0.3 is 0 Å². The molecule has 0 bridgehead atoms. The topological polar surface area (TPSA) is 69.7 Å². The summed E-state index contributed by atoms with van der Waals surface area (Å²) in [6.45, 7) is 4.03. The van der Waals surface area contributed by atoms with Crippen molar-refractivity contribution in [3.63, 3.8) is 0 Å². The van der Waals surface area contributed by atoms with Gasteiger partial charge in [0.15, 0.2) is 0 Å². The fraction of sp³-hybridized carbons (Fsp3) is 0.318. The van der Waals surface area contributed by atoms with Gasteiger partial charge in [0, 0.05) is 41.8 Å². The van der Waals surface area contributed by atoms with Crippen LogP contribution < -0.4 is 5.32 Å². The number of carbonyl (C=O) groups excluding carboxylic acids is 3.